The van der Waals surface area contributed by atoms with Crippen molar-refractivity contribution in [3.63, 3.8) is 0 Å². The van der Waals surface area contributed by atoms with Gasteiger partial charge in [0.1, 0.15) is 6.07 Å². The van der Waals surface area contributed by atoms with Crippen LogP contribution in [0.1, 0.15) is 5.56 Å². The number of carbonyl (C=O) groups excluding carboxylic acids is 1. The number of anilines is 2. The zero-order valence-corrected chi connectivity index (χ0v) is 14.7. The van der Waals surface area contributed by atoms with Crippen molar-refractivity contribution >= 4 is 23.0 Å². The molecular weight excluding hydrogens is 346 g/mol. The van der Waals surface area contributed by atoms with Crippen molar-refractivity contribution in [2.24, 2.45) is 0 Å². The maximum atomic E-state index is 12.4. The summed E-state index contributed by atoms with van der Waals surface area (Å²) in [5.74, 6) is -0.0649. The Balaban J connectivity index is 1.55. The fraction of sp³-hybridized carbons (Fsp3) is 0.263. The van der Waals surface area contributed by atoms with Gasteiger partial charge in [-0.05, 0) is 18.2 Å². The molecule has 1 aliphatic rings. The van der Waals surface area contributed by atoms with E-state index in [1.165, 1.54) is 18.2 Å². The summed E-state index contributed by atoms with van der Waals surface area (Å²) in [5, 5.41) is 22.9. The molecule has 138 valence electrons. The number of para-hydroxylation sites is 1. The number of hydrogen-bond donors (Lipinski definition) is 1. The molecule has 0 atom stereocenters. The van der Waals surface area contributed by atoms with E-state index in [1.54, 1.807) is 4.90 Å². The Labute approximate surface area is 156 Å². The van der Waals surface area contributed by atoms with E-state index in [0.717, 1.165) is 18.8 Å². The summed E-state index contributed by atoms with van der Waals surface area (Å²) in [5.41, 5.74) is 1.55. The van der Waals surface area contributed by atoms with Gasteiger partial charge in [-0.1, -0.05) is 18.2 Å². The molecule has 3 rings (SSSR count). The normalized spacial score (nSPS) is 13.7. The summed E-state index contributed by atoms with van der Waals surface area (Å²) < 4.78 is 0. The lowest BCUT2D eigenvalue weighted by atomic mass is 10.1. The third-order valence-electron chi connectivity index (χ3n) is 4.52. The number of piperazine rings is 1. The molecule has 1 amide bonds. The number of carbonyl (C=O) groups is 1. The third-order valence-corrected chi connectivity index (χ3v) is 4.52. The molecule has 0 spiro atoms. The summed E-state index contributed by atoms with van der Waals surface area (Å²) in [4.78, 5) is 26.7. The van der Waals surface area contributed by atoms with Gasteiger partial charge in [-0.15, -0.1) is 0 Å². The second kappa shape index (κ2) is 8.19. The van der Waals surface area contributed by atoms with E-state index >= 15 is 0 Å². The predicted molar refractivity (Wildman–Crippen MR) is 102 cm³/mol. The van der Waals surface area contributed by atoms with Crippen molar-refractivity contribution in [1.29, 1.82) is 5.26 Å². The lowest BCUT2D eigenvalue weighted by molar-refractivity contribution is -0.384. The number of amides is 1. The van der Waals surface area contributed by atoms with Gasteiger partial charge in [0.05, 0.1) is 22.7 Å². The van der Waals surface area contributed by atoms with Crippen LogP contribution < -0.4 is 10.2 Å². The molecule has 0 saturated carbocycles. The zero-order chi connectivity index (χ0) is 19.2. The van der Waals surface area contributed by atoms with E-state index in [2.05, 4.69) is 22.3 Å². The molecule has 0 bridgehead atoms. The molecule has 8 nitrogen and oxygen atoms in total. The van der Waals surface area contributed by atoms with E-state index in [4.69, 9.17) is 5.26 Å². The zero-order valence-electron chi connectivity index (χ0n) is 14.7. The number of non-ortho nitro benzene ring substituents is 1. The first-order chi connectivity index (χ1) is 13.1. The minimum absolute atomic E-state index is 0.0395. The lowest BCUT2D eigenvalue weighted by Gasteiger charge is -2.36. The second-order valence-electron chi connectivity index (χ2n) is 6.16. The standard InChI is InChI=1S/C19H19N5O3/c20-13-15-12-17(24(26)27)6-7-18(15)21-14-19(25)23-10-8-22(9-11-23)16-4-2-1-3-5-16/h1-7,12,21H,8-11,14H2. The van der Waals surface area contributed by atoms with Crippen molar-refractivity contribution in [3.8, 4) is 6.07 Å². The van der Waals surface area contributed by atoms with Crippen molar-refractivity contribution in [1.82, 2.24) is 4.90 Å². The molecule has 0 aromatic heterocycles. The van der Waals surface area contributed by atoms with Crippen molar-refractivity contribution in [3.05, 3.63) is 64.2 Å². The van der Waals surface area contributed by atoms with Gasteiger partial charge in [0.2, 0.25) is 5.91 Å². The van der Waals surface area contributed by atoms with Gasteiger partial charge in [0.15, 0.2) is 0 Å². The average Bonchev–Trinajstić information content (AvgIpc) is 2.72. The Morgan fingerprint density at radius 1 is 1.15 bits per heavy atom. The average molecular weight is 365 g/mol. The Hall–Kier alpha value is -3.60. The number of nitrogens with zero attached hydrogens (tertiary/aromatic N) is 4. The Morgan fingerprint density at radius 2 is 1.85 bits per heavy atom. The highest BCUT2D eigenvalue weighted by Crippen LogP contribution is 2.21. The highest BCUT2D eigenvalue weighted by atomic mass is 16.6. The molecule has 0 radical (unpaired) electrons. The van der Waals surface area contributed by atoms with Crippen molar-refractivity contribution in [2.75, 3.05) is 42.9 Å². The van der Waals surface area contributed by atoms with E-state index < -0.39 is 4.92 Å². The molecule has 1 saturated heterocycles. The fourth-order valence-electron chi connectivity index (χ4n) is 3.03. The van der Waals surface area contributed by atoms with Gasteiger partial charge in [-0.3, -0.25) is 14.9 Å². The molecule has 1 N–H and O–H groups in total. The van der Waals surface area contributed by atoms with Crippen LogP contribution in [-0.4, -0.2) is 48.5 Å². The van der Waals surface area contributed by atoms with Crippen molar-refractivity contribution < 1.29 is 9.72 Å². The molecule has 27 heavy (non-hydrogen) atoms. The van der Waals surface area contributed by atoms with Crippen LogP contribution in [-0.2, 0) is 4.79 Å². The number of hydrogen-bond acceptors (Lipinski definition) is 6. The number of benzene rings is 2. The largest absolute Gasteiger partial charge is 0.375 e. The van der Waals surface area contributed by atoms with Crippen LogP contribution in [0.2, 0.25) is 0 Å². The molecule has 8 heteroatoms. The van der Waals surface area contributed by atoms with E-state index in [0.29, 0.717) is 18.8 Å². The SMILES string of the molecule is N#Cc1cc([N+](=O)[O-])ccc1NCC(=O)N1CCN(c2ccccc2)CC1. The van der Waals surface area contributed by atoms with Crippen LogP contribution in [0.5, 0.6) is 0 Å². The van der Waals surface area contributed by atoms with Crippen molar-refractivity contribution in [2.45, 2.75) is 0 Å². The summed E-state index contributed by atoms with van der Waals surface area (Å²) in [6, 6.07) is 16.0. The first-order valence-corrected chi connectivity index (χ1v) is 8.58. The molecule has 1 heterocycles. The molecule has 1 fully saturated rings. The molecule has 1 aliphatic heterocycles. The highest BCUT2D eigenvalue weighted by molar-refractivity contribution is 5.82. The molecular formula is C19H19N5O3. The van der Waals surface area contributed by atoms with E-state index in [-0.39, 0.29) is 23.7 Å². The molecule has 2 aromatic carbocycles. The molecule has 2 aromatic rings. The van der Waals surface area contributed by atoms with E-state index in [9.17, 15) is 14.9 Å². The first-order valence-electron chi connectivity index (χ1n) is 8.58. The van der Waals surface area contributed by atoms with Gasteiger partial charge in [-0.25, -0.2) is 0 Å². The monoisotopic (exact) mass is 365 g/mol. The predicted octanol–water partition coefficient (Wildman–Crippen LogP) is 2.23. The quantitative estimate of drug-likeness (QED) is 0.644. The Morgan fingerprint density at radius 3 is 2.48 bits per heavy atom. The van der Waals surface area contributed by atoms with Crippen LogP contribution in [0.4, 0.5) is 17.1 Å². The minimum atomic E-state index is -0.554. The Kier molecular flexibility index (Phi) is 5.52. The van der Waals surface area contributed by atoms with Gasteiger partial charge < -0.3 is 15.1 Å². The van der Waals surface area contributed by atoms with Gasteiger partial charge >= 0.3 is 0 Å². The van der Waals surface area contributed by atoms with Crippen LogP contribution >= 0.6 is 0 Å². The van der Waals surface area contributed by atoms with Crippen LogP contribution in [0.15, 0.2) is 48.5 Å². The summed E-state index contributed by atoms with van der Waals surface area (Å²) in [6.45, 7) is 2.81. The highest BCUT2D eigenvalue weighted by Gasteiger charge is 2.21. The first kappa shape index (κ1) is 18.2. The third kappa shape index (κ3) is 4.33. The van der Waals surface area contributed by atoms with Gasteiger partial charge in [0, 0.05) is 44.0 Å². The summed E-state index contributed by atoms with van der Waals surface area (Å²) >= 11 is 0. The fourth-order valence-corrected chi connectivity index (χ4v) is 3.03. The van der Waals surface area contributed by atoms with E-state index in [1.807, 2.05) is 24.3 Å². The summed E-state index contributed by atoms with van der Waals surface area (Å²) in [7, 11) is 0. The lowest BCUT2D eigenvalue weighted by Crippen LogP contribution is -2.50. The minimum Gasteiger partial charge on any atom is -0.375 e. The number of nitriles is 1. The Bertz CT molecular complexity index is 871. The van der Waals surface area contributed by atoms with Crippen LogP contribution in [0.25, 0.3) is 0 Å². The maximum absolute atomic E-state index is 12.4. The van der Waals surface area contributed by atoms with Crippen LogP contribution in [0.3, 0.4) is 0 Å². The molecule has 0 aliphatic carbocycles. The van der Waals surface area contributed by atoms with Gasteiger partial charge in [-0.2, -0.15) is 5.26 Å². The summed E-state index contributed by atoms with van der Waals surface area (Å²) in [6.07, 6.45) is 0. The smallest absolute Gasteiger partial charge is 0.270 e. The van der Waals surface area contributed by atoms with Crippen LogP contribution in [0, 0.1) is 21.4 Å². The van der Waals surface area contributed by atoms with Gasteiger partial charge in [0.25, 0.3) is 5.69 Å². The second-order valence-corrected chi connectivity index (χ2v) is 6.16. The maximum Gasteiger partial charge on any atom is 0.270 e. The number of nitrogens with one attached hydrogen (secondary N) is 1. The number of nitro benzene ring substituents is 1. The number of nitro groups is 1. The molecule has 0 unspecified atom stereocenters. The topological polar surface area (TPSA) is 103 Å². The number of rotatable bonds is 5.